The number of carbonyl (C=O) groups is 2. The van der Waals surface area contributed by atoms with E-state index < -0.39 is 0 Å². The zero-order valence-electron chi connectivity index (χ0n) is 12.4. The van der Waals surface area contributed by atoms with Crippen molar-refractivity contribution < 1.29 is 9.59 Å². The van der Waals surface area contributed by atoms with E-state index >= 15 is 0 Å². The Hall–Kier alpha value is -1.70. The average Bonchev–Trinajstić information content (AvgIpc) is 2.48. The molecule has 0 atom stereocenters. The van der Waals surface area contributed by atoms with Crippen LogP contribution in [0, 0.1) is 0 Å². The van der Waals surface area contributed by atoms with Gasteiger partial charge >= 0.3 is 0 Å². The standard InChI is InChI=1S/C18H22O2/c1-3-5-9-13-14-11-7-8-12-16(14)18(20)17(19)15(13)10-6-4-2/h7-8,11-12H,3-6,9-10H2,1-2H3. The largest absolute Gasteiger partial charge is 0.285 e. The lowest BCUT2D eigenvalue weighted by Gasteiger charge is -2.21. The molecule has 2 rings (SSSR count). The number of rotatable bonds is 6. The molecular formula is C18H22O2. The number of fused-ring (bicyclic) bond motifs is 1. The molecular weight excluding hydrogens is 248 g/mol. The van der Waals surface area contributed by atoms with E-state index in [-0.39, 0.29) is 11.6 Å². The summed E-state index contributed by atoms with van der Waals surface area (Å²) in [7, 11) is 0. The van der Waals surface area contributed by atoms with Crippen LogP contribution in [0.15, 0.2) is 29.8 Å². The first kappa shape index (κ1) is 14.7. The highest BCUT2D eigenvalue weighted by Crippen LogP contribution is 2.35. The Bertz CT molecular complexity index is 552. The molecule has 20 heavy (non-hydrogen) atoms. The second kappa shape index (κ2) is 6.65. The van der Waals surface area contributed by atoms with Crippen molar-refractivity contribution in [3.05, 3.63) is 41.0 Å². The highest BCUT2D eigenvalue weighted by atomic mass is 16.2. The van der Waals surface area contributed by atoms with Gasteiger partial charge in [0.15, 0.2) is 0 Å². The van der Waals surface area contributed by atoms with Crippen LogP contribution in [-0.2, 0) is 4.79 Å². The van der Waals surface area contributed by atoms with Crippen LogP contribution >= 0.6 is 0 Å². The Kier molecular flexibility index (Phi) is 4.89. The van der Waals surface area contributed by atoms with E-state index in [0.29, 0.717) is 5.56 Å². The van der Waals surface area contributed by atoms with Gasteiger partial charge in [-0.25, -0.2) is 0 Å². The van der Waals surface area contributed by atoms with E-state index in [2.05, 4.69) is 13.8 Å². The molecule has 2 nitrogen and oxygen atoms in total. The number of unbranched alkanes of at least 4 members (excludes halogenated alkanes) is 2. The van der Waals surface area contributed by atoms with Gasteiger partial charge in [0.1, 0.15) is 0 Å². The predicted molar refractivity (Wildman–Crippen MR) is 81.7 cm³/mol. The predicted octanol–water partition coefficient (Wildman–Crippen LogP) is 4.59. The molecule has 106 valence electrons. The fourth-order valence-electron chi connectivity index (χ4n) is 2.76. The van der Waals surface area contributed by atoms with Gasteiger partial charge in [-0.3, -0.25) is 9.59 Å². The fraction of sp³-hybridized carbons (Fsp3) is 0.444. The van der Waals surface area contributed by atoms with Crippen molar-refractivity contribution in [3.63, 3.8) is 0 Å². The molecule has 0 saturated heterocycles. The van der Waals surface area contributed by atoms with Crippen LogP contribution in [0.25, 0.3) is 5.57 Å². The van der Waals surface area contributed by atoms with E-state index in [9.17, 15) is 9.59 Å². The summed E-state index contributed by atoms with van der Waals surface area (Å²) >= 11 is 0. The molecule has 0 bridgehead atoms. The third-order valence-corrected chi connectivity index (χ3v) is 3.90. The third kappa shape index (κ3) is 2.74. The molecule has 0 heterocycles. The Balaban J connectivity index is 2.50. The van der Waals surface area contributed by atoms with Crippen LogP contribution in [0.4, 0.5) is 0 Å². The number of allylic oxidation sites excluding steroid dienone is 2. The van der Waals surface area contributed by atoms with Crippen molar-refractivity contribution in [2.45, 2.75) is 52.4 Å². The van der Waals surface area contributed by atoms with Gasteiger partial charge in [-0.15, -0.1) is 0 Å². The van der Waals surface area contributed by atoms with Crippen molar-refractivity contribution in [1.29, 1.82) is 0 Å². The normalized spacial score (nSPS) is 14.7. The number of hydrogen-bond donors (Lipinski definition) is 0. The highest BCUT2D eigenvalue weighted by molar-refractivity contribution is 6.52. The summed E-state index contributed by atoms with van der Waals surface area (Å²) < 4.78 is 0. The van der Waals surface area contributed by atoms with Gasteiger partial charge in [-0.05, 0) is 36.8 Å². The van der Waals surface area contributed by atoms with Crippen LogP contribution in [0.1, 0.15) is 68.3 Å². The Labute approximate surface area is 120 Å². The van der Waals surface area contributed by atoms with Crippen molar-refractivity contribution >= 4 is 17.1 Å². The maximum Gasteiger partial charge on any atom is 0.233 e. The quantitative estimate of drug-likeness (QED) is 0.709. The van der Waals surface area contributed by atoms with Crippen molar-refractivity contribution in [3.8, 4) is 0 Å². The van der Waals surface area contributed by atoms with Gasteiger partial charge in [-0.1, -0.05) is 51.0 Å². The SMILES string of the molecule is CCCCC1=C(CCCC)c2ccccc2C(=O)C1=O. The molecule has 0 unspecified atom stereocenters. The van der Waals surface area contributed by atoms with Crippen molar-refractivity contribution in [1.82, 2.24) is 0 Å². The van der Waals surface area contributed by atoms with E-state index in [1.807, 2.05) is 18.2 Å². The van der Waals surface area contributed by atoms with Crippen LogP contribution < -0.4 is 0 Å². The van der Waals surface area contributed by atoms with E-state index in [1.165, 1.54) is 0 Å². The van der Waals surface area contributed by atoms with E-state index in [1.54, 1.807) is 6.07 Å². The summed E-state index contributed by atoms with van der Waals surface area (Å²) in [6.07, 6.45) is 5.77. The van der Waals surface area contributed by atoms with Crippen LogP contribution in [0.3, 0.4) is 0 Å². The number of hydrogen-bond acceptors (Lipinski definition) is 2. The minimum absolute atomic E-state index is 0.275. The van der Waals surface area contributed by atoms with E-state index in [4.69, 9.17) is 0 Å². The molecule has 0 spiro atoms. The lowest BCUT2D eigenvalue weighted by Crippen LogP contribution is -2.24. The molecule has 0 radical (unpaired) electrons. The molecule has 2 heteroatoms. The molecule has 1 aliphatic carbocycles. The molecule has 0 N–H and O–H groups in total. The fourth-order valence-corrected chi connectivity index (χ4v) is 2.76. The van der Waals surface area contributed by atoms with Crippen molar-refractivity contribution in [2.75, 3.05) is 0 Å². The molecule has 1 aromatic carbocycles. The van der Waals surface area contributed by atoms with Gasteiger partial charge < -0.3 is 0 Å². The third-order valence-electron chi connectivity index (χ3n) is 3.90. The molecule has 0 aliphatic heterocycles. The molecule has 1 aromatic rings. The minimum atomic E-state index is -0.327. The van der Waals surface area contributed by atoms with Gasteiger partial charge in [-0.2, -0.15) is 0 Å². The van der Waals surface area contributed by atoms with Crippen LogP contribution in [-0.4, -0.2) is 11.6 Å². The smallest absolute Gasteiger partial charge is 0.233 e. The van der Waals surface area contributed by atoms with E-state index in [0.717, 1.165) is 55.2 Å². The maximum atomic E-state index is 12.4. The summed E-state index contributed by atoms with van der Waals surface area (Å²) in [5.41, 5.74) is 3.45. The monoisotopic (exact) mass is 270 g/mol. The van der Waals surface area contributed by atoms with Gasteiger partial charge in [0.25, 0.3) is 0 Å². The molecule has 0 saturated carbocycles. The molecule has 0 fully saturated rings. The number of ketones is 2. The Morgan fingerprint density at radius 1 is 0.750 bits per heavy atom. The molecule has 0 amide bonds. The molecule has 1 aliphatic rings. The topological polar surface area (TPSA) is 34.1 Å². The van der Waals surface area contributed by atoms with Gasteiger partial charge in [0, 0.05) is 11.1 Å². The second-order valence-corrected chi connectivity index (χ2v) is 5.37. The summed E-state index contributed by atoms with van der Waals surface area (Å²) in [6, 6.07) is 7.54. The molecule has 0 aromatic heterocycles. The van der Waals surface area contributed by atoms with Crippen LogP contribution in [0.5, 0.6) is 0 Å². The summed E-state index contributed by atoms with van der Waals surface area (Å²) in [6.45, 7) is 4.25. The van der Waals surface area contributed by atoms with Gasteiger partial charge in [0.05, 0.1) is 0 Å². The average molecular weight is 270 g/mol. The summed E-state index contributed by atoms with van der Waals surface area (Å²) in [5, 5.41) is 0. The lowest BCUT2D eigenvalue weighted by molar-refractivity contribution is -0.112. The first-order valence-corrected chi connectivity index (χ1v) is 7.61. The summed E-state index contributed by atoms with van der Waals surface area (Å²) in [5.74, 6) is -0.602. The first-order valence-electron chi connectivity index (χ1n) is 7.61. The highest BCUT2D eigenvalue weighted by Gasteiger charge is 2.31. The number of benzene rings is 1. The minimum Gasteiger partial charge on any atom is -0.285 e. The summed E-state index contributed by atoms with van der Waals surface area (Å²) in [4.78, 5) is 24.6. The second-order valence-electron chi connectivity index (χ2n) is 5.37. The van der Waals surface area contributed by atoms with Gasteiger partial charge in [0.2, 0.25) is 11.6 Å². The maximum absolute atomic E-state index is 12.4. The zero-order valence-corrected chi connectivity index (χ0v) is 12.4. The Morgan fingerprint density at radius 2 is 1.30 bits per heavy atom. The Morgan fingerprint density at radius 3 is 1.90 bits per heavy atom. The van der Waals surface area contributed by atoms with Crippen molar-refractivity contribution in [2.24, 2.45) is 0 Å². The first-order chi connectivity index (χ1) is 9.70. The number of carbonyl (C=O) groups excluding carboxylic acids is 2. The lowest BCUT2D eigenvalue weighted by atomic mass is 9.80. The zero-order chi connectivity index (χ0) is 14.5. The van der Waals surface area contributed by atoms with Crippen LogP contribution in [0.2, 0.25) is 0 Å². The number of Topliss-reactive ketones (excluding diaryl/α,β-unsaturated/α-hetero) is 2.